The number of benzene rings is 4. The van der Waals surface area contributed by atoms with Gasteiger partial charge < -0.3 is 8.83 Å². The molecule has 0 saturated heterocycles. The van der Waals surface area contributed by atoms with E-state index in [1.54, 1.807) is 48.5 Å². The van der Waals surface area contributed by atoms with Crippen molar-refractivity contribution in [2.24, 2.45) is 0 Å². The maximum atomic E-state index is 13.3. The van der Waals surface area contributed by atoms with Crippen LogP contribution in [0.1, 0.15) is 78.2 Å². The topological polar surface area (TPSA) is 161 Å². The summed E-state index contributed by atoms with van der Waals surface area (Å²) >= 11 is 0. The average Bonchev–Trinajstić information content (AvgIpc) is 3.52. The number of carbonyl (C=O) groups is 4. The summed E-state index contributed by atoms with van der Waals surface area (Å²) in [4.78, 5) is 89.3. The molecule has 0 bridgehead atoms. The zero-order valence-electron chi connectivity index (χ0n) is 28.2. The van der Waals surface area contributed by atoms with Crippen molar-refractivity contribution in [3.63, 3.8) is 0 Å². The Kier molecular flexibility index (Phi) is 7.93. The molecule has 0 N–H and O–H groups in total. The molecule has 52 heavy (non-hydrogen) atoms. The fourth-order valence-corrected chi connectivity index (χ4v) is 6.77. The molecule has 0 radical (unpaired) electrons. The lowest BCUT2D eigenvalue weighted by Gasteiger charge is -2.15. The van der Waals surface area contributed by atoms with Crippen molar-refractivity contribution >= 4 is 45.4 Å². The van der Waals surface area contributed by atoms with Gasteiger partial charge in [0.05, 0.1) is 44.1 Å². The van der Waals surface area contributed by atoms with E-state index >= 15 is 0 Å². The lowest BCUT2D eigenvalue weighted by atomic mass is 10.1. The normalized spacial score (nSPS) is 13.9. The minimum atomic E-state index is -0.536. The first-order valence-electron chi connectivity index (χ1n) is 16.9. The van der Waals surface area contributed by atoms with E-state index in [2.05, 4.69) is 9.97 Å². The van der Waals surface area contributed by atoms with E-state index in [-0.39, 0.29) is 47.1 Å². The molecule has 0 aliphatic carbocycles. The first-order chi connectivity index (χ1) is 25.1. The van der Waals surface area contributed by atoms with Gasteiger partial charge in [0.25, 0.3) is 23.6 Å². The molecule has 8 rings (SSSR count). The number of amides is 4. The molecule has 12 nitrogen and oxygen atoms in total. The smallest absolute Gasteiger partial charge is 0.347 e. The number of hydrogen-bond acceptors (Lipinski definition) is 10. The van der Waals surface area contributed by atoms with Crippen molar-refractivity contribution in [3.8, 4) is 22.9 Å². The average molecular weight is 695 g/mol. The second kappa shape index (κ2) is 12.6. The Morgan fingerprint density at radius 3 is 1.31 bits per heavy atom. The third kappa shape index (κ3) is 5.58. The third-order valence-corrected chi connectivity index (χ3v) is 9.52. The highest BCUT2D eigenvalue weighted by Crippen LogP contribution is 2.30. The lowest BCUT2D eigenvalue weighted by Crippen LogP contribution is -2.31. The Balaban J connectivity index is 0.867. The molecule has 12 heteroatoms. The maximum absolute atomic E-state index is 13.3. The van der Waals surface area contributed by atoms with Gasteiger partial charge in [-0.15, -0.1) is 0 Å². The van der Waals surface area contributed by atoms with E-state index in [1.807, 2.05) is 26.0 Å². The molecule has 0 spiro atoms. The summed E-state index contributed by atoms with van der Waals surface area (Å²) in [7, 11) is 0. The Bertz CT molecular complexity index is 2480. The number of unbranched alkanes of at least 4 members (excludes halogenated alkanes) is 3. The number of aromatic nitrogens is 2. The molecule has 258 valence electrons. The van der Waals surface area contributed by atoms with E-state index < -0.39 is 34.9 Å². The standard InChI is InChI=1S/C40H30N4O8/c1-21-7-13-31-29(17-21)39(49)51-33(41-31)23-9-11-25-27(19-23)37(47)43(35(25)45)15-5-3-4-6-16-44-36(46)26-12-10-24(20-28(26)38(44)48)34-42-32-14-8-22(2)18-30(32)40(50)52-34/h7-14,17-20H,3-6,15-16H2,1-2H3. The lowest BCUT2D eigenvalue weighted by molar-refractivity contribution is 0.0630. The van der Waals surface area contributed by atoms with Crippen molar-refractivity contribution in [1.29, 1.82) is 0 Å². The van der Waals surface area contributed by atoms with Crippen LogP contribution in [-0.4, -0.2) is 56.5 Å². The van der Waals surface area contributed by atoms with Crippen LogP contribution in [0.2, 0.25) is 0 Å². The number of fused-ring (bicyclic) bond motifs is 4. The Morgan fingerprint density at radius 1 is 0.481 bits per heavy atom. The van der Waals surface area contributed by atoms with Gasteiger partial charge >= 0.3 is 11.3 Å². The van der Waals surface area contributed by atoms with Gasteiger partial charge in [-0.25, -0.2) is 19.6 Å². The van der Waals surface area contributed by atoms with Crippen molar-refractivity contribution in [2.45, 2.75) is 39.5 Å². The van der Waals surface area contributed by atoms with Crippen LogP contribution in [0.5, 0.6) is 0 Å². The molecule has 4 aromatic carbocycles. The van der Waals surface area contributed by atoms with Crippen molar-refractivity contribution in [3.05, 3.63) is 127 Å². The number of nitrogens with zero attached hydrogens (tertiary/aromatic N) is 4. The SMILES string of the molecule is Cc1ccc2nc(-c3ccc4c(c3)C(=O)N(CCCCCCN3C(=O)c5ccc(-c6nc7ccc(C)cc7c(=O)o6)cc5C3=O)C4=O)oc(=O)c2c1. The molecular weight excluding hydrogens is 664 g/mol. The van der Waals surface area contributed by atoms with Gasteiger partial charge in [-0.2, -0.15) is 0 Å². The fourth-order valence-electron chi connectivity index (χ4n) is 6.77. The quantitative estimate of drug-likeness (QED) is 0.128. The number of carbonyl (C=O) groups excluding carboxylic acids is 4. The molecule has 0 saturated carbocycles. The van der Waals surface area contributed by atoms with Crippen LogP contribution < -0.4 is 11.3 Å². The van der Waals surface area contributed by atoms with Gasteiger partial charge in [0.1, 0.15) is 0 Å². The van der Waals surface area contributed by atoms with E-state index in [1.165, 1.54) is 21.9 Å². The van der Waals surface area contributed by atoms with Crippen LogP contribution in [0, 0.1) is 13.8 Å². The summed E-state index contributed by atoms with van der Waals surface area (Å²) in [6, 6.07) is 19.9. The molecule has 4 heterocycles. The zero-order valence-corrected chi connectivity index (χ0v) is 28.2. The summed E-state index contributed by atoms with van der Waals surface area (Å²) in [5, 5.41) is 0.727. The minimum Gasteiger partial charge on any atom is -0.403 e. The third-order valence-electron chi connectivity index (χ3n) is 9.52. The van der Waals surface area contributed by atoms with E-state index in [0.29, 0.717) is 58.6 Å². The van der Waals surface area contributed by atoms with E-state index in [0.717, 1.165) is 11.1 Å². The second-order valence-corrected chi connectivity index (χ2v) is 13.1. The minimum absolute atomic E-state index is 0.0618. The first-order valence-corrected chi connectivity index (χ1v) is 16.9. The highest BCUT2D eigenvalue weighted by atomic mass is 16.4. The molecule has 4 amide bonds. The van der Waals surface area contributed by atoms with Crippen molar-refractivity contribution < 1.29 is 28.0 Å². The van der Waals surface area contributed by atoms with Gasteiger partial charge in [0, 0.05) is 24.2 Å². The van der Waals surface area contributed by atoms with Crippen LogP contribution >= 0.6 is 0 Å². The molecule has 0 atom stereocenters. The predicted octanol–water partition coefficient (Wildman–Crippen LogP) is 6.09. The molecule has 0 fully saturated rings. The van der Waals surface area contributed by atoms with E-state index in [9.17, 15) is 28.8 Å². The van der Waals surface area contributed by atoms with Crippen LogP contribution in [0.15, 0.2) is 91.2 Å². The van der Waals surface area contributed by atoms with Gasteiger partial charge in [-0.1, -0.05) is 36.1 Å². The predicted molar refractivity (Wildman–Crippen MR) is 190 cm³/mol. The van der Waals surface area contributed by atoms with Crippen LogP contribution in [0.25, 0.3) is 44.7 Å². The fraction of sp³-hybridized carbons (Fsp3) is 0.200. The van der Waals surface area contributed by atoms with Crippen LogP contribution in [-0.2, 0) is 0 Å². The highest BCUT2D eigenvalue weighted by molar-refractivity contribution is 6.22. The second-order valence-electron chi connectivity index (χ2n) is 13.1. The number of hydrogen-bond donors (Lipinski definition) is 0. The van der Waals surface area contributed by atoms with Crippen LogP contribution in [0.3, 0.4) is 0 Å². The summed E-state index contributed by atoms with van der Waals surface area (Å²) in [6.45, 7) is 4.15. The Hall–Kier alpha value is -6.56. The van der Waals surface area contributed by atoms with E-state index in [4.69, 9.17) is 8.83 Å². The highest BCUT2D eigenvalue weighted by Gasteiger charge is 2.37. The maximum Gasteiger partial charge on any atom is 0.347 e. The Morgan fingerprint density at radius 2 is 0.885 bits per heavy atom. The largest absolute Gasteiger partial charge is 0.403 e. The summed E-state index contributed by atoms with van der Waals surface area (Å²) in [5.41, 5.74) is 3.49. The van der Waals surface area contributed by atoms with Crippen LogP contribution in [0.4, 0.5) is 0 Å². The zero-order chi connectivity index (χ0) is 36.3. The van der Waals surface area contributed by atoms with Gasteiger partial charge in [0.2, 0.25) is 11.8 Å². The molecular formula is C40H30N4O8. The van der Waals surface area contributed by atoms with Gasteiger partial charge in [-0.3, -0.25) is 29.0 Å². The number of imide groups is 2. The molecule has 2 aromatic heterocycles. The van der Waals surface area contributed by atoms with Gasteiger partial charge in [0.15, 0.2) is 0 Å². The monoisotopic (exact) mass is 694 g/mol. The Labute approximate surface area is 295 Å². The number of rotatable bonds is 9. The molecule has 2 aliphatic heterocycles. The van der Waals surface area contributed by atoms with Gasteiger partial charge in [-0.05, 0) is 87.4 Å². The van der Waals surface area contributed by atoms with Crippen molar-refractivity contribution in [2.75, 3.05) is 13.1 Å². The summed E-state index contributed by atoms with van der Waals surface area (Å²) in [5.74, 6) is -1.53. The summed E-state index contributed by atoms with van der Waals surface area (Å²) in [6.07, 6.45) is 2.38. The molecule has 0 unspecified atom stereocenters. The summed E-state index contributed by atoms with van der Waals surface area (Å²) < 4.78 is 10.9. The number of aryl methyl sites for hydroxylation is 2. The first kappa shape index (κ1) is 32.6. The molecule has 6 aromatic rings. The molecule has 2 aliphatic rings. The van der Waals surface area contributed by atoms with Crippen molar-refractivity contribution in [1.82, 2.24) is 19.8 Å².